The molecule has 94 valence electrons. The Morgan fingerprint density at radius 3 is 2.33 bits per heavy atom. The standard InChI is InChI=1S/C16H17ClS/c1-13(7-8-14-5-3-2-4-6-14)18-16-11-9-15(17)10-12-16/h2-6,9-13H,7-8H2,1H3. The smallest absolute Gasteiger partial charge is 0.0406 e. The topological polar surface area (TPSA) is 0 Å². The molecule has 2 rings (SSSR count). The quantitative estimate of drug-likeness (QED) is 0.654. The molecule has 0 N–H and O–H groups in total. The van der Waals surface area contributed by atoms with E-state index in [9.17, 15) is 0 Å². The molecule has 0 saturated carbocycles. The van der Waals surface area contributed by atoms with Crippen molar-refractivity contribution in [3.8, 4) is 0 Å². The minimum atomic E-state index is 0.617. The number of rotatable bonds is 5. The second-order valence-electron chi connectivity index (χ2n) is 4.41. The van der Waals surface area contributed by atoms with Gasteiger partial charge in [0.25, 0.3) is 0 Å². The van der Waals surface area contributed by atoms with Crippen molar-refractivity contribution in [2.45, 2.75) is 29.9 Å². The molecule has 0 aromatic heterocycles. The number of halogens is 1. The van der Waals surface area contributed by atoms with Crippen LogP contribution in [0.15, 0.2) is 59.5 Å². The third-order valence-corrected chi connectivity index (χ3v) is 4.27. The van der Waals surface area contributed by atoms with E-state index >= 15 is 0 Å². The van der Waals surface area contributed by atoms with Gasteiger partial charge in [-0.25, -0.2) is 0 Å². The zero-order chi connectivity index (χ0) is 12.8. The molecular formula is C16H17ClS. The number of hydrogen-bond donors (Lipinski definition) is 0. The fourth-order valence-corrected chi connectivity index (χ4v) is 2.94. The Morgan fingerprint density at radius 2 is 1.67 bits per heavy atom. The molecule has 18 heavy (non-hydrogen) atoms. The number of thioether (sulfide) groups is 1. The molecule has 0 aliphatic carbocycles. The highest BCUT2D eigenvalue weighted by Gasteiger charge is 2.05. The molecule has 0 amide bonds. The lowest BCUT2D eigenvalue weighted by Gasteiger charge is -2.11. The van der Waals surface area contributed by atoms with Gasteiger partial charge in [0.15, 0.2) is 0 Å². The molecule has 2 heteroatoms. The van der Waals surface area contributed by atoms with Crippen molar-refractivity contribution in [1.29, 1.82) is 0 Å². The number of aryl methyl sites for hydroxylation is 1. The van der Waals surface area contributed by atoms with Crippen molar-refractivity contribution in [3.63, 3.8) is 0 Å². The van der Waals surface area contributed by atoms with Crippen LogP contribution in [0, 0.1) is 0 Å². The Labute approximate surface area is 118 Å². The lowest BCUT2D eigenvalue weighted by atomic mass is 10.1. The van der Waals surface area contributed by atoms with Gasteiger partial charge in [-0.2, -0.15) is 0 Å². The first kappa shape index (κ1) is 13.5. The number of benzene rings is 2. The highest BCUT2D eigenvalue weighted by atomic mass is 35.5. The predicted octanol–water partition coefficient (Wildman–Crippen LogP) is 5.45. The van der Waals surface area contributed by atoms with Crippen LogP contribution in [0.4, 0.5) is 0 Å². The molecule has 1 unspecified atom stereocenters. The summed E-state index contributed by atoms with van der Waals surface area (Å²) in [6, 6.07) is 18.7. The highest BCUT2D eigenvalue weighted by Crippen LogP contribution is 2.27. The summed E-state index contributed by atoms with van der Waals surface area (Å²) >= 11 is 7.79. The zero-order valence-corrected chi connectivity index (χ0v) is 12.0. The molecule has 0 fully saturated rings. The Kier molecular flexibility index (Phi) is 5.15. The second-order valence-corrected chi connectivity index (χ2v) is 6.35. The SMILES string of the molecule is CC(CCc1ccccc1)Sc1ccc(Cl)cc1. The number of hydrogen-bond acceptors (Lipinski definition) is 1. The van der Waals surface area contributed by atoms with Gasteiger partial charge in [0, 0.05) is 15.2 Å². The van der Waals surface area contributed by atoms with Crippen LogP contribution >= 0.6 is 23.4 Å². The van der Waals surface area contributed by atoms with Crippen LogP contribution in [0.3, 0.4) is 0 Å². The van der Waals surface area contributed by atoms with E-state index in [0.29, 0.717) is 5.25 Å². The van der Waals surface area contributed by atoms with Gasteiger partial charge in [-0.3, -0.25) is 0 Å². The van der Waals surface area contributed by atoms with Crippen molar-refractivity contribution in [1.82, 2.24) is 0 Å². The summed E-state index contributed by atoms with van der Waals surface area (Å²) in [4.78, 5) is 1.29. The summed E-state index contributed by atoms with van der Waals surface area (Å²) in [5.41, 5.74) is 1.42. The molecule has 1 atom stereocenters. The van der Waals surface area contributed by atoms with E-state index < -0.39 is 0 Å². The summed E-state index contributed by atoms with van der Waals surface area (Å²) in [6.07, 6.45) is 2.33. The summed E-state index contributed by atoms with van der Waals surface area (Å²) in [5.74, 6) is 0. The van der Waals surface area contributed by atoms with Crippen molar-refractivity contribution >= 4 is 23.4 Å². The third-order valence-electron chi connectivity index (χ3n) is 2.83. The molecule has 0 spiro atoms. The summed E-state index contributed by atoms with van der Waals surface area (Å²) in [7, 11) is 0. The van der Waals surface area contributed by atoms with Crippen LogP contribution in [0.5, 0.6) is 0 Å². The van der Waals surface area contributed by atoms with Gasteiger partial charge in [-0.05, 0) is 42.7 Å². The molecule has 0 radical (unpaired) electrons. The Hall–Kier alpha value is -0.920. The van der Waals surface area contributed by atoms with Crippen molar-refractivity contribution in [2.24, 2.45) is 0 Å². The summed E-state index contributed by atoms with van der Waals surface area (Å²) < 4.78 is 0. The Bertz CT molecular complexity index is 464. The maximum atomic E-state index is 5.88. The monoisotopic (exact) mass is 276 g/mol. The van der Waals surface area contributed by atoms with Crippen LogP contribution < -0.4 is 0 Å². The molecule has 0 nitrogen and oxygen atoms in total. The Morgan fingerprint density at radius 1 is 1.00 bits per heavy atom. The normalized spacial score (nSPS) is 12.3. The lowest BCUT2D eigenvalue weighted by molar-refractivity contribution is 0.811. The van der Waals surface area contributed by atoms with E-state index in [2.05, 4.69) is 49.4 Å². The predicted molar refractivity (Wildman–Crippen MR) is 81.5 cm³/mol. The second kappa shape index (κ2) is 6.86. The largest absolute Gasteiger partial charge is 0.123 e. The first-order valence-corrected chi connectivity index (χ1v) is 7.46. The van der Waals surface area contributed by atoms with E-state index in [0.717, 1.165) is 11.4 Å². The van der Waals surface area contributed by atoms with Crippen molar-refractivity contribution in [3.05, 3.63) is 65.2 Å². The van der Waals surface area contributed by atoms with Crippen molar-refractivity contribution in [2.75, 3.05) is 0 Å². The molecule has 0 bridgehead atoms. The molecule has 0 aliphatic heterocycles. The van der Waals surface area contributed by atoms with Gasteiger partial charge in [-0.15, -0.1) is 11.8 Å². The first-order chi connectivity index (χ1) is 8.74. The van der Waals surface area contributed by atoms with Crippen LogP contribution in [-0.2, 0) is 6.42 Å². The zero-order valence-electron chi connectivity index (χ0n) is 10.5. The molecule has 0 heterocycles. The first-order valence-electron chi connectivity index (χ1n) is 6.20. The minimum Gasteiger partial charge on any atom is -0.123 e. The molecular weight excluding hydrogens is 260 g/mol. The van der Waals surface area contributed by atoms with Gasteiger partial charge in [-0.1, -0.05) is 48.9 Å². The van der Waals surface area contributed by atoms with Gasteiger partial charge in [0.1, 0.15) is 0 Å². The maximum absolute atomic E-state index is 5.88. The van der Waals surface area contributed by atoms with Gasteiger partial charge in [0.2, 0.25) is 0 Å². The lowest BCUT2D eigenvalue weighted by Crippen LogP contribution is -1.98. The molecule has 0 saturated heterocycles. The van der Waals surface area contributed by atoms with E-state index in [1.54, 1.807) is 0 Å². The fourth-order valence-electron chi connectivity index (χ4n) is 1.82. The Balaban J connectivity index is 1.82. The van der Waals surface area contributed by atoms with E-state index in [-0.39, 0.29) is 0 Å². The van der Waals surface area contributed by atoms with E-state index in [1.807, 2.05) is 23.9 Å². The molecule has 2 aromatic carbocycles. The van der Waals surface area contributed by atoms with Crippen molar-refractivity contribution < 1.29 is 0 Å². The summed E-state index contributed by atoms with van der Waals surface area (Å²) in [5, 5.41) is 1.42. The van der Waals surface area contributed by atoms with Crippen LogP contribution in [-0.4, -0.2) is 5.25 Å². The summed E-state index contributed by atoms with van der Waals surface area (Å²) in [6.45, 7) is 2.28. The van der Waals surface area contributed by atoms with Crippen LogP contribution in [0.2, 0.25) is 5.02 Å². The van der Waals surface area contributed by atoms with Crippen LogP contribution in [0.1, 0.15) is 18.9 Å². The van der Waals surface area contributed by atoms with Gasteiger partial charge in [0.05, 0.1) is 0 Å². The third kappa shape index (κ3) is 4.40. The minimum absolute atomic E-state index is 0.617. The van der Waals surface area contributed by atoms with E-state index in [1.165, 1.54) is 16.9 Å². The van der Waals surface area contributed by atoms with Gasteiger partial charge >= 0.3 is 0 Å². The average Bonchev–Trinajstić information content (AvgIpc) is 2.40. The van der Waals surface area contributed by atoms with E-state index in [4.69, 9.17) is 11.6 Å². The molecule has 2 aromatic rings. The van der Waals surface area contributed by atoms with Gasteiger partial charge < -0.3 is 0 Å². The van der Waals surface area contributed by atoms with Crippen LogP contribution in [0.25, 0.3) is 0 Å². The molecule has 0 aliphatic rings. The average molecular weight is 277 g/mol. The fraction of sp³-hybridized carbons (Fsp3) is 0.250. The highest BCUT2D eigenvalue weighted by molar-refractivity contribution is 7.99. The maximum Gasteiger partial charge on any atom is 0.0406 e.